The van der Waals surface area contributed by atoms with Gasteiger partial charge in [0.05, 0.1) is 0 Å². The molecule has 16 heavy (non-hydrogen) atoms. The second-order valence-electron chi connectivity index (χ2n) is 3.15. The fraction of sp³-hybridized carbons (Fsp3) is 0.583. The second-order valence-corrected chi connectivity index (χ2v) is 3.15. The number of hydrogen-bond acceptors (Lipinski definition) is 0. The molecule has 0 amide bonds. The molecule has 1 aliphatic carbocycles. The predicted octanol–water partition coefficient (Wildman–Crippen LogP) is -2.25. The van der Waals surface area contributed by atoms with Gasteiger partial charge >= 0.3 is 24.8 Å². The van der Waals surface area contributed by atoms with Crippen LogP contribution in [0.4, 0.5) is 0 Å². The SMILES string of the molecule is CC1=[C-]C(C)C(C)=C1C.CC[NH-].[CH2]=[Ti+2].[Cl-].[Cl-]. The Bertz CT molecular complexity index is 225. The largest absolute Gasteiger partial charge is 1.00 e. The molecule has 0 aromatic carbocycles. The molecular formula is C12H21Cl2NTi-2. The van der Waals surface area contributed by atoms with Gasteiger partial charge in [-0.05, 0) is 0 Å². The van der Waals surface area contributed by atoms with E-state index in [4.69, 9.17) is 5.73 Å². The summed E-state index contributed by atoms with van der Waals surface area (Å²) in [5, 5.41) is 0. The van der Waals surface area contributed by atoms with E-state index in [0.29, 0.717) is 12.5 Å². The van der Waals surface area contributed by atoms with Crippen LogP contribution < -0.4 is 24.8 Å². The molecule has 0 aliphatic heterocycles. The van der Waals surface area contributed by atoms with Crippen LogP contribution in [0.5, 0.6) is 0 Å². The Labute approximate surface area is 125 Å². The van der Waals surface area contributed by atoms with Gasteiger partial charge in [-0.3, -0.25) is 6.08 Å². The smallest absolute Gasteiger partial charge is 1.00 e. The van der Waals surface area contributed by atoms with E-state index in [-0.39, 0.29) is 24.8 Å². The van der Waals surface area contributed by atoms with E-state index in [1.54, 1.807) is 26.9 Å². The Morgan fingerprint density at radius 2 is 1.56 bits per heavy atom. The molecule has 1 aliphatic rings. The van der Waals surface area contributed by atoms with Gasteiger partial charge in [-0.2, -0.15) is 17.7 Å². The van der Waals surface area contributed by atoms with Crippen molar-refractivity contribution in [2.75, 3.05) is 6.54 Å². The summed E-state index contributed by atoms with van der Waals surface area (Å²) in [6.45, 7) is 11.0. The Morgan fingerprint density at radius 1 is 1.25 bits per heavy atom. The number of hydrogen-bond donors (Lipinski definition) is 0. The van der Waals surface area contributed by atoms with E-state index in [1.165, 1.54) is 16.7 Å². The molecular weight excluding hydrogens is 277 g/mol. The van der Waals surface area contributed by atoms with Gasteiger partial charge in [0.15, 0.2) is 0 Å². The van der Waals surface area contributed by atoms with Crippen LogP contribution in [0.15, 0.2) is 16.7 Å². The van der Waals surface area contributed by atoms with Gasteiger partial charge < -0.3 is 30.5 Å². The van der Waals surface area contributed by atoms with Crippen LogP contribution in [0.25, 0.3) is 5.73 Å². The first-order chi connectivity index (χ1) is 6.54. The van der Waals surface area contributed by atoms with E-state index in [0.717, 1.165) is 0 Å². The third kappa shape index (κ3) is 9.80. The van der Waals surface area contributed by atoms with Crippen LogP contribution in [0.1, 0.15) is 34.6 Å². The zero-order valence-corrected chi connectivity index (χ0v) is 13.8. The van der Waals surface area contributed by atoms with Gasteiger partial charge in [-0.15, -0.1) is 6.92 Å². The quantitative estimate of drug-likeness (QED) is 0.357. The zero-order valence-electron chi connectivity index (χ0n) is 10.7. The van der Waals surface area contributed by atoms with Crippen LogP contribution in [-0.2, 0) is 20.0 Å². The maximum atomic E-state index is 6.21. The fourth-order valence-electron chi connectivity index (χ4n) is 1.16. The summed E-state index contributed by atoms with van der Waals surface area (Å²) < 4.78 is 0. The van der Waals surface area contributed by atoms with Gasteiger partial charge in [0.1, 0.15) is 0 Å². The Morgan fingerprint density at radius 3 is 1.62 bits per heavy atom. The van der Waals surface area contributed by atoms with Gasteiger partial charge in [0, 0.05) is 0 Å². The summed E-state index contributed by atoms with van der Waals surface area (Å²) >= 11 is 1.75. The van der Waals surface area contributed by atoms with Crippen molar-refractivity contribution in [2.45, 2.75) is 34.6 Å². The average Bonchev–Trinajstić information content (AvgIpc) is 2.38. The van der Waals surface area contributed by atoms with Crippen molar-refractivity contribution in [3.8, 4) is 0 Å². The molecule has 1 unspecified atom stereocenters. The summed E-state index contributed by atoms with van der Waals surface area (Å²) in [4.78, 5) is 3.25. The predicted molar refractivity (Wildman–Crippen MR) is 62.0 cm³/mol. The minimum absolute atomic E-state index is 0. The maximum absolute atomic E-state index is 6.21. The molecule has 0 fully saturated rings. The summed E-state index contributed by atoms with van der Waals surface area (Å²) in [7, 11) is 0. The number of halogens is 2. The van der Waals surface area contributed by atoms with Crippen molar-refractivity contribution in [3.63, 3.8) is 0 Å². The Kier molecular flexibility index (Phi) is 24.8. The van der Waals surface area contributed by atoms with Crippen LogP contribution in [-0.4, -0.2) is 11.4 Å². The summed E-state index contributed by atoms with van der Waals surface area (Å²) in [6, 6.07) is 0. The Hall–Kier alpha value is 0.604. The molecule has 0 radical (unpaired) electrons. The van der Waals surface area contributed by atoms with E-state index >= 15 is 0 Å². The van der Waals surface area contributed by atoms with Crippen LogP contribution in [0.3, 0.4) is 0 Å². The minimum atomic E-state index is 0. The van der Waals surface area contributed by atoms with Crippen molar-refractivity contribution in [1.82, 2.24) is 0 Å². The number of rotatable bonds is 0. The summed E-state index contributed by atoms with van der Waals surface area (Å²) in [6.07, 6.45) is 3.36. The van der Waals surface area contributed by atoms with Gasteiger partial charge in [0.2, 0.25) is 0 Å². The molecule has 0 saturated heterocycles. The molecule has 4 heteroatoms. The first-order valence-corrected chi connectivity index (χ1v) is 5.92. The van der Waals surface area contributed by atoms with Gasteiger partial charge in [-0.25, -0.2) is 5.57 Å². The molecule has 0 aromatic heterocycles. The Balaban J connectivity index is -0.0000000907. The molecule has 1 atom stereocenters. The van der Waals surface area contributed by atoms with Gasteiger partial charge in [0.25, 0.3) is 0 Å². The van der Waals surface area contributed by atoms with Crippen molar-refractivity contribution < 1.29 is 44.8 Å². The van der Waals surface area contributed by atoms with E-state index < -0.39 is 0 Å². The fourth-order valence-corrected chi connectivity index (χ4v) is 1.16. The minimum Gasteiger partial charge on any atom is -1.00 e. The molecule has 1 rings (SSSR count). The third-order valence-corrected chi connectivity index (χ3v) is 2.24. The van der Waals surface area contributed by atoms with E-state index in [9.17, 15) is 0 Å². The average molecular weight is 298 g/mol. The molecule has 1 N–H and O–H groups in total. The molecule has 0 bridgehead atoms. The van der Waals surface area contributed by atoms with E-state index in [1.807, 2.05) is 0 Å². The number of nitrogens with one attached hydrogen (secondary N) is 1. The van der Waals surface area contributed by atoms with Gasteiger partial charge in [-0.1, -0.05) is 33.6 Å². The third-order valence-electron chi connectivity index (χ3n) is 2.24. The van der Waals surface area contributed by atoms with Crippen molar-refractivity contribution >= 4 is 4.82 Å². The topological polar surface area (TPSA) is 23.8 Å². The molecule has 0 spiro atoms. The first-order valence-electron chi connectivity index (χ1n) is 4.82. The second kappa shape index (κ2) is 15.6. The normalized spacial score (nSPS) is 16.8. The zero-order chi connectivity index (χ0) is 11.7. The van der Waals surface area contributed by atoms with Crippen molar-refractivity contribution in [2.24, 2.45) is 5.92 Å². The molecule has 94 valence electrons. The molecule has 0 aromatic rings. The first kappa shape index (κ1) is 25.4. The molecule has 0 saturated carbocycles. The summed E-state index contributed by atoms with van der Waals surface area (Å²) in [5.41, 5.74) is 10.5. The van der Waals surface area contributed by atoms with Crippen LogP contribution >= 0.6 is 0 Å². The van der Waals surface area contributed by atoms with Crippen molar-refractivity contribution in [1.29, 1.82) is 0 Å². The van der Waals surface area contributed by atoms with E-state index in [2.05, 4.69) is 38.6 Å². The van der Waals surface area contributed by atoms with Crippen LogP contribution in [0, 0.1) is 12.0 Å². The monoisotopic (exact) mass is 297 g/mol. The number of allylic oxidation sites excluding steroid dienone is 4. The molecule has 1 nitrogen and oxygen atoms in total. The molecule has 0 heterocycles. The van der Waals surface area contributed by atoms with Crippen LogP contribution in [0.2, 0.25) is 0 Å². The van der Waals surface area contributed by atoms with Crippen molar-refractivity contribution in [3.05, 3.63) is 28.5 Å². The standard InChI is InChI=1S/C9H13.C2H6N.CH2.2ClH.Ti/c1-6-5-7(2)9(4)8(6)3;1-2-3;;;;/h6H,1-4H3;3H,2H2,1H3;1H2;2*1H;/q2*-1;;;;+2/p-2. The summed E-state index contributed by atoms with van der Waals surface area (Å²) in [5.74, 6) is 0.560. The maximum Gasteiger partial charge on any atom is -1.00 e.